The Morgan fingerprint density at radius 2 is 2.17 bits per heavy atom. The van der Waals surface area contributed by atoms with Crippen molar-refractivity contribution in [1.82, 2.24) is 10.2 Å². The molecule has 1 amide bonds. The van der Waals surface area contributed by atoms with E-state index in [1.165, 1.54) is 25.9 Å². The first-order valence-electron chi connectivity index (χ1n) is 8.47. The molecule has 1 heterocycles. The summed E-state index contributed by atoms with van der Waals surface area (Å²) in [7, 11) is 0. The van der Waals surface area contributed by atoms with E-state index in [1.54, 1.807) is 6.07 Å². The monoisotopic (exact) mass is 356 g/mol. The van der Waals surface area contributed by atoms with Crippen molar-refractivity contribution in [3.8, 4) is 0 Å². The summed E-state index contributed by atoms with van der Waals surface area (Å²) < 4.78 is 0. The van der Waals surface area contributed by atoms with Crippen molar-refractivity contribution in [3.05, 3.63) is 33.8 Å². The SMILES string of the molecule is C[C@H]1CCCN(CCCNC(=O)CCc2ccc(Cl)c(Cl)c2)C1. The van der Waals surface area contributed by atoms with Crippen molar-refractivity contribution >= 4 is 29.1 Å². The van der Waals surface area contributed by atoms with Gasteiger partial charge < -0.3 is 10.2 Å². The zero-order valence-corrected chi connectivity index (χ0v) is 15.3. The third-order valence-corrected chi connectivity index (χ3v) is 5.08. The van der Waals surface area contributed by atoms with Gasteiger partial charge in [-0.2, -0.15) is 0 Å². The highest BCUT2D eigenvalue weighted by atomic mass is 35.5. The minimum atomic E-state index is 0.100. The van der Waals surface area contributed by atoms with E-state index < -0.39 is 0 Å². The number of hydrogen-bond acceptors (Lipinski definition) is 2. The molecule has 0 radical (unpaired) electrons. The number of aryl methyl sites for hydroxylation is 1. The molecule has 3 nitrogen and oxygen atoms in total. The van der Waals surface area contributed by atoms with Gasteiger partial charge in [-0.3, -0.25) is 4.79 Å². The molecule has 0 aliphatic carbocycles. The van der Waals surface area contributed by atoms with Crippen LogP contribution >= 0.6 is 23.2 Å². The lowest BCUT2D eigenvalue weighted by Crippen LogP contribution is -2.36. The van der Waals surface area contributed by atoms with Crippen LogP contribution in [0.3, 0.4) is 0 Å². The second kappa shape index (κ2) is 9.51. The summed E-state index contributed by atoms with van der Waals surface area (Å²) in [6.07, 6.45) is 4.84. The van der Waals surface area contributed by atoms with Crippen LogP contribution in [0.25, 0.3) is 0 Å². The number of likely N-dealkylation sites (tertiary alicyclic amines) is 1. The minimum absolute atomic E-state index is 0.100. The Morgan fingerprint density at radius 1 is 1.35 bits per heavy atom. The summed E-state index contributed by atoms with van der Waals surface area (Å²) in [6.45, 7) is 6.56. The quantitative estimate of drug-likeness (QED) is 0.743. The van der Waals surface area contributed by atoms with Gasteiger partial charge in [0, 0.05) is 19.5 Å². The van der Waals surface area contributed by atoms with E-state index in [0.717, 1.165) is 31.0 Å². The van der Waals surface area contributed by atoms with E-state index in [0.29, 0.717) is 22.9 Å². The van der Waals surface area contributed by atoms with Crippen LogP contribution in [-0.2, 0) is 11.2 Å². The van der Waals surface area contributed by atoms with Gasteiger partial charge in [-0.15, -0.1) is 0 Å². The van der Waals surface area contributed by atoms with Gasteiger partial charge in [0.1, 0.15) is 0 Å². The van der Waals surface area contributed by atoms with Crippen molar-refractivity contribution < 1.29 is 4.79 Å². The van der Waals surface area contributed by atoms with E-state index in [9.17, 15) is 4.79 Å². The number of hydrogen-bond donors (Lipinski definition) is 1. The van der Waals surface area contributed by atoms with Crippen molar-refractivity contribution in [1.29, 1.82) is 0 Å². The fourth-order valence-electron chi connectivity index (χ4n) is 3.06. The molecular weight excluding hydrogens is 331 g/mol. The second-order valence-electron chi connectivity index (χ2n) is 6.50. The fourth-order valence-corrected chi connectivity index (χ4v) is 3.38. The Labute approximate surface area is 149 Å². The number of rotatable bonds is 7. The molecule has 1 aliphatic rings. The van der Waals surface area contributed by atoms with Gasteiger partial charge in [0.15, 0.2) is 0 Å². The molecule has 0 spiro atoms. The van der Waals surface area contributed by atoms with Gasteiger partial charge in [-0.1, -0.05) is 36.2 Å². The molecule has 0 unspecified atom stereocenters. The molecule has 1 fully saturated rings. The van der Waals surface area contributed by atoms with E-state index >= 15 is 0 Å². The molecule has 128 valence electrons. The maximum absolute atomic E-state index is 11.9. The molecule has 2 rings (SSSR count). The predicted octanol–water partition coefficient (Wildman–Crippen LogP) is 4.16. The Balaban J connectivity index is 1.58. The first kappa shape index (κ1) is 18.6. The standard InChI is InChI=1S/C18H26Cl2N2O/c1-14-4-2-10-22(13-14)11-3-9-21-18(23)8-6-15-5-7-16(19)17(20)12-15/h5,7,12,14H,2-4,6,8-11,13H2,1H3,(H,21,23)/t14-/m0/s1. The van der Waals surface area contributed by atoms with E-state index in [-0.39, 0.29) is 5.91 Å². The van der Waals surface area contributed by atoms with Gasteiger partial charge in [-0.05, 0) is 62.4 Å². The normalized spacial score (nSPS) is 18.8. The lowest BCUT2D eigenvalue weighted by atomic mass is 10.0. The summed E-state index contributed by atoms with van der Waals surface area (Å²) in [5, 5.41) is 4.10. The third-order valence-electron chi connectivity index (χ3n) is 4.34. The number of piperidine rings is 1. The number of nitrogens with zero attached hydrogens (tertiary/aromatic N) is 1. The number of nitrogens with one attached hydrogen (secondary N) is 1. The first-order chi connectivity index (χ1) is 11.0. The van der Waals surface area contributed by atoms with Gasteiger partial charge >= 0.3 is 0 Å². The van der Waals surface area contributed by atoms with Crippen LogP contribution in [0, 0.1) is 5.92 Å². The third kappa shape index (κ3) is 6.70. The van der Waals surface area contributed by atoms with Crippen molar-refractivity contribution in [2.75, 3.05) is 26.2 Å². The lowest BCUT2D eigenvalue weighted by molar-refractivity contribution is -0.121. The molecule has 23 heavy (non-hydrogen) atoms. The van der Waals surface area contributed by atoms with Crippen molar-refractivity contribution in [2.24, 2.45) is 5.92 Å². The van der Waals surface area contributed by atoms with Crippen molar-refractivity contribution in [2.45, 2.75) is 39.0 Å². The van der Waals surface area contributed by atoms with Gasteiger partial charge in [0.05, 0.1) is 10.0 Å². The molecule has 0 bridgehead atoms. The smallest absolute Gasteiger partial charge is 0.220 e. The topological polar surface area (TPSA) is 32.3 Å². The highest BCUT2D eigenvalue weighted by molar-refractivity contribution is 6.42. The lowest BCUT2D eigenvalue weighted by Gasteiger charge is -2.30. The van der Waals surface area contributed by atoms with Crippen LogP contribution < -0.4 is 5.32 Å². The molecule has 1 atom stereocenters. The van der Waals surface area contributed by atoms with Crippen LogP contribution in [0.2, 0.25) is 10.0 Å². The van der Waals surface area contributed by atoms with E-state index in [1.807, 2.05) is 12.1 Å². The number of carbonyl (C=O) groups is 1. The van der Waals surface area contributed by atoms with Gasteiger partial charge in [-0.25, -0.2) is 0 Å². The molecule has 5 heteroatoms. The predicted molar refractivity (Wildman–Crippen MR) is 97.2 cm³/mol. The maximum Gasteiger partial charge on any atom is 0.220 e. The number of amides is 1. The van der Waals surface area contributed by atoms with E-state index in [2.05, 4.69) is 17.1 Å². The summed E-state index contributed by atoms with van der Waals surface area (Å²) in [4.78, 5) is 14.4. The molecule has 1 N–H and O–H groups in total. The molecule has 1 aliphatic heterocycles. The Hall–Kier alpha value is -0.770. The fraction of sp³-hybridized carbons (Fsp3) is 0.611. The number of carbonyl (C=O) groups excluding carboxylic acids is 1. The molecular formula is C18H26Cl2N2O. The Kier molecular flexibility index (Phi) is 7.68. The molecule has 0 saturated carbocycles. The van der Waals surface area contributed by atoms with Gasteiger partial charge in [0.2, 0.25) is 5.91 Å². The average molecular weight is 357 g/mol. The molecule has 1 aromatic carbocycles. The largest absolute Gasteiger partial charge is 0.356 e. The summed E-state index contributed by atoms with van der Waals surface area (Å²) in [5.41, 5.74) is 1.04. The molecule has 1 aromatic rings. The van der Waals surface area contributed by atoms with E-state index in [4.69, 9.17) is 23.2 Å². The van der Waals surface area contributed by atoms with Crippen LogP contribution in [0.1, 0.15) is 38.2 Å². The number of benzene rings is 1. The Bertz CT molecular complexity index is 522. The highest BCUT2D eigenvalue weighted by Crippen LogP contribution is 2.23. The van der Waals surface area contributed by atoms with Gasteiger partial charge in [0.25, 0.3) is 0 Å². The van der Waals surface area contributed by atoms with Crippen molar-refractivity contribution in [3.63, 3.8) is 0 Å². The molecule has 1 saturated heterocycles. The summed E-state index contributed by atoms with van der Waals surface area (Å²) in [6, 6.07) is 5.52. The summed E-state index contributed by atoms with van der Waals surface area (Å²) >= 11 is 11.9. The van der Waals surface area contributed by atoms with Crippen LogP contribution in [0.5, 0.6) is 0 Å². The zero-order chi connectivity index (χ0) is 16.7. The Morgan fingerprint density at radius 3 is 2.91 bits per heavy atom. The average Bonchev–Trinajstić information content (AvgIpc) is 2.53. The molecule has 0 aromatic heterocycles. The van der Waals surface area contributed by atoms with Crippen LogP contribution in [0.4, 0.5) is 0 Å². The maximum atomic E-state index is 11.9. The zero-order valence-electron chi connectivity index (χ0n) is 13.8. The van der Waals surface area contributed by atoms with Crippen LogP contribution in [-0.4, -0.2) is 37.0 Å². The highest BCUT2D eigenvalue weighted by Gasteiger charge is 2.15. The summed E-state index contributed by atoms with van der Waals surface area (Å²) in [5.74, 6) is 0.910. The minimum Gasteiger partial charge on any atom is -0.356 e. The first-order valence-corrected chi connectivity index (χ1v) is 9.23. The number of halogens is 2. The van der Waals surface area contributed by atoms with Crippen LogP contribution in [0.15, 0.2) is 18.2 Å². The second-order valence-corrected chi connectivity index (χ2v) is 7.31.